The monoisotopic (exact) mass is 320 g/mol. The van der Waals surface area contributed by atoms with Crippen LogP contribution in [0.15, 0.2) is 18.2 Å². The molecular weight excluding hydrogens is 300 g/mol. The second-order valence-electron chi connectivity index (χ2n) is 5.96. The lowest BCUT2D eigenvalue weighted by atomic mass is 10.1. The van der Waals surface area contributed by atoms with Crippen LogP contribution in [0.3, 0.4) is 0 Å². The number of anilines is 1. The molecule has 2 amide bonds. The van der Waals surface area contributed by atoms with Crippen molar-refractivity contribution < 1.29 is 14.3 Å². The van der Waals surface area contributed by atoms with E-state index in [1.165, 1.54) is 0 Å². The van der Waals surface area contributed by atoms with Crippen LogP contribution >= 0.6 is 11.8 Å². The summed E-state index contributed by atoms with van der Waals surface area (Å²) in [6, 6.07) is 5.24. The Hall–Kier alpha value is -1.69. The van der Waals surface area contributed by atoms with E-state index in [2.05, 4.69) is 5.32 Å². The molecule has 2 unspecified atom stereocenters. The van der Waals surface area contributed by atoms with Crippen LogP contribution in [-0.4, -0.2) is 40.5 Å². The molecule has 2 heterocycles. The average molecular weight is 320 g/mol. The molecule has 2 saturated heterocycles. The van der Waals surface area contributed by atoms with Gasteiger partial charge < -0.3 is 15.0 Å². The van der Waals surface area contributed by atoms with Crippen molar-refractivity contribution in [1.29, 1.82) is 0 Å². The number of hydrogen-bond acceptors (Lipinski definition) is 4. The van der Waals surface area contributed by atoms with Crippen LogP contribution in [0.25, 0.3) is 0 Å². The zero-order valence-electron chi connectivity index (χ0n) is 13.0. The number of nitrogens with zero attached hydrogens (tertiary/aromatic N) is 1. The van der Waals surface area contributed by atoms with E-state index in [4.69, 9.17) is 4.74 Å². The fourth-order valence-corrected chi connectivity index (χ4v) is 4.58. The van der Waals surface area contributed by atoms with Crippen LogP contribution < -0.4 is 10.1 Å². The number of hydrogen-bond donors (Lipinski definition) is 1. The van der Waals surface area contributed by atoms with E-state index in [1.54, 1.807) is 23.8 Å². The molecule has 1 aromatic carbocycles. The van der Waals surface area contributed by atoms with E-state index in [0.29, 0.717) is 23.6 Å². The van der Waals surface area contributed by atoms with Gasteiger partial charge in [0.2, 0.25) is 11.8 Å². The maximum Gasteiger partial charge on any atom is 0.248 e. The first-order valence-corrected chi connectivity index (χ1v) is 8.35. The number of methoxy groups -OCH3 is 1. The van der Waals surface area contributed by atoms with Crippen LogP contribution in [0.2, 0.25) is 0 Å². The van der Waals surface area contributed by atoms with E-state index in [0.717, 1.165) is 12.0 Å². The molecule has 0 radical (unpaired) electrons. The molecular formula is C16H20N2O3S. The van der Waals surface area contributed by atoms with Crippen LogP contribution in [0.1, 0.15) is 25.3 Å². The van der Waals surface area contributed by atoms with Gasteiger partial charge in [-0.25, -0.2) is 0 Å². The Morgan fingerprint density at radius 1 is 1.50 bits per heavy atom. The Labute approximate surface area is 134 Å². The van der Waals surface area contributed by atoms with Gasteiger partial charge in [0, 0.05) is 12.2 Å². The first-order chi connectivity index (χ1) is 10.4. The Morgan fingerprint density at radius 3 is 3.00 bits per heavy atom. The summed E-state index contributed by atoms with van der Waals surface area (Å²) >= 11 is 1.69. The number of carbonyl (C=O) groups excluding carboxylic acids is 2. The molecule has 2 aliphatic rings. The molecule has 118 valence electrons. The summed E-state index contributed by atoms with van der Waals surface area (Å²) in [7, 11) is 1.58. The van der Waals surface area contributed by atoms with Crippen molar-refractivity contribution in [2.24, 2.45) is 0 Å². The average Bonchev–Trinajstić information content (AvgIpc) is 2.96. The van der Waals surface area contributed by atoms with E-state index >= 15 is 0 Å². The number of ether oxygens (including phenoxy) is 1. The van der Waals surface area contributed by atoms with Crippen molar-refractivity contribution in [3.8, 4) is 5.75 Å². The molecule has 0 saturated carbocycles. The number of nitrogens with one attached hydrogen (secondary N) is 1. The molecule has 2 aliphatic heterocycles. The fourth-order valence-electron chi connectivity index (χ4n) is 3.15. The Balaban J connectivity index is 1.81. The van der Waals surface area contributed by atoms with Crippen molar-refractivity contribution in [2.75, 3.05) is 18.2 Å². The van der Waals surface area contributed by atoms with Gasteiger partial charge in [0.1, 0.15) is 11.8 Å². The van der Waals surface area contributed by atoms with Crippen molar-refractivity contribution in [3.05, 3.63) is 23.8 Å². The fraction of sp³-hybridized carbons (Fsp3) is 0.500. The van der Waals surface area contributed by atoms with Crippen LogP contribution in [0.4, 0.5) is 5.69 Å². The molecule has 1 aromatic rings. The number of amides is 2. The number of thioether (sulfide) groups is 1. The van der Waals surface area contributed by atoms with Crippen molar-refractivity contribution in [1.82, 2.24) is 4.90 Å². The zero-order chi connectivity index (χ0) is 15.9. The van der Waals surface area contributed by atoms with Gasteiger partial charge in [-0.1, -0.05) is 6.07 Å². The standard InChI is InChI=1S/C16H20N2O3S/c1-10-4-5-13(21-3)11(8-10)17-15(20)12-9-22-16(2)7-6-14(19)18(12)16/h4-5,8,12H,6-7,9H2,1-3H3,(H,17,20). The molecule has 2 atom stereocenters. The number of fused-ring (bicyclic) bond motifs is 1. The predicted octanol–water partition coefficient (Wildman–Crippen LogP) is 2.40. The Kier molecular flexibility index (Phi) is 3.80. The number of benzene rings is 1. The van der Waals surface area contributed by atoms with Gasteiger partial charge in [0.05, 0.1) is 17.7 Å². The van der Waals surface area contributed by atoms with Crippen LogP contribution in [0.5, 0.6) is 5.75 Å². The minimum absolute atomic E-state index is 0.0730. The van der Waals surface area contributed by atoms with Gasteiger partial charge in [-0.2, -0.15) is 0 Å². The highest BCUT2D eigenvalue weighted by Crippen LogP contribution is 2.47. The minimum atomic E-state index is -0.407. The highest BCUT2D eigenvalue weighted by atomic mass is 32.2. The Bertz CT molecular complexity index is 634. The zero-order valence-corrected chi connectivity index (χ0v) is 13.8. The molecule has 6 heteroatoms. The summed E-state index contributed by atoms with van der Waals surface area (Å²) in [5, 5.41) is 2.92. The van der Waals surface area contributed by atoms with E-state index in [9.17, 15) is 9.59 Å². The van der Waals surface area contributed by atoms with Gasteiger partial charge in [-0.3, -0.25) is 9.59 Å². The first kappa shape index (κ1) is 15.2. The molecule has 3 rings (SSSR count). The predicted molar refractivity (Wildman–Crippen MR) is 87.1 cm³/mol. The maximum absolute atomic E-state index is 12.7. The smallest absolute Gasteiger partial charge is 0.248 e. The third kappa shape index (κ3) is 2.45. The molecule has 5 nitrogen and oxygen atoms in total. The molecule has 2 fully saturated rings. The summed E-state index contributed by atoms with van der Waals surface area (Å²) in [5.41, 5.74) is 1.69. The van der Waals surface area contributed by atoms with Crippen molar-refractivity contribution in [2.45, 2.75) is 37.6 Å². The summed E-state index contributed by atoms with van der Waals surface area (Å²) in [5.74, 6) is 1.20. The highest BCUT2D eigenvalue weighted by molar-refractivity contribution is 8.01. The van der Waals surface area contributed by atoms with E-state index < -0.39 is 6.04 Å². The molecule has 0 aliphatic carbocycles. The lowest BCUT2D eigenvalue weighted by Crippen LogP contribution is -2.48. The van der Waals surface area contributed by atoms with Crippen LogP contribution in [-0.2, 0) is 9.59 Å². The maximum atomic E-state index is 12.7. The van der Waals surface area contributed by atoms with Gasteiger partial charge in [0.15, 0.2) is 0 Å². The largest absolute Gasteiger partial charge is 0.495 e. The van der Waals surface area contributed by atoms with Crippen molar-refractivity contribution in [3.63, 3.8) is 0 Å². The van der Waals surface area contributed by atoms with Crippen LogP contribution in [0, 0.1) is 6.92 Å². The second kappa shape index (κ2) is 5.50. The van der Waals surface area contributed by atoms with Gasteiger partial charge >= 0.3 is 0 Å². The second-order valence-corrected chi connectivity index (χ2v) is 7.46. The van der Waals surface area contributed by atoms with Crippen molar-refractivity contribution >= 4 is 29.3 Å². The molecule has 0 spiro atoms. The van der Waals surface area contributed by atoms with Gasteiger partial charge in [-0.15, -0.1) is 11.8 Å². The summed E-state index contributed by atoms with van der Waals surface area (Å²) in [6.07, 6.45) is 1.34. The summed E-state index contributed by atoms with van der Waals surface area (Å²) < 4.78 is 5.29. The number of rotatable bonds is 3. The number of carbonyl (C=O) groups is 2. The highest BCUT2D eigenvalue weighted by Gasteiger charge is 2.52. The minimum Gasteiger partial charge on any atom is -0.495 e. The molecule has 0 aromatic heterocycles. The third-order valence-electron chi connectivity index (χ3n) is 4.36. The van der Waals surface area contributed by atoms with E-state index in [1.807, 2.05) is 32.0 Å². The van der Waals surface area contributed by atoms with Gasteiger partial charge in [0.25, 0.3) is 0 Å². The summed E-state index contributed by atoms with van der Waals surface area (Å²) in [4.78, 5) is 26.3. The third-order valence-corrected chi connectivity index (χ3v) is 5.87. The lowest BCUT2D eigenvalue weighted by Gasteiger charge is -2.30. The molecule has 1 N–H and O–H groups in total. The molecule has 0 bridgehead atoms. The quantitative estimate of drug-likeness (QED) is 0.929. The topological polar surface area (TPSA) is 58.6 Å². The van der Waals surface area contributed by atoms with Gasteiger partial charge in [-0.05, 0) is 38.0 Å². The molecule has 22 heavy (non-hydrogen) atoms. The normalized spacial score (nSPS) is 27.0. The summed E-state index contributed by atoms with van der Waals surface area (Å²) in [6.45, 7) is 4.00. The number of aryl methyl sites for hydroxylation is 1. The lowest BCUT2D eigenvalue weighted by molar-refractivity contribution is -0.135. The van der Waals surface area contributed by atoms with E-state index in [-0.39, 0.29) is 16.7 Å². The first-order valence-electron chi connectivity index (χ1n) is 7.36. The Morgan fingerprint density at radius 2 is 2.27 bits per heavy atom. The SMILES string of the molecule is COc1ccc(C)cc1NC(=O)C1CSC2(C)CCC(=O)N12.